The van der Waals surface area contributed by atoms with Crippen molar-refractivity contribution in [3.05, 3.63) is 105 Å². The predicted octanol–water partition coefficient (Wildman–Crippen LogP) is 5.31. The van der Waals surface area contributed by atoms with E-state index in [1.165, 1.54) is 11.8 Å². The predicted molar refractivity (Wildman–Crippen MR) is 132 cm³/mol. The first-order valence-electron chi connectivity index (χ1n) is 10.5. The zero-order chi connectivity index (χ0) is 23.5. The topological polar surface area (TPSA) is 83.0 Å². The minimum atomic E-state index is -0.219. The third-order valence-corrected chi connectivity index (χ3v) is 6.33. The molecule has 0 aliphatic carbocycles. The molecule has 5 rings (SSSR count). The summed E-state index contributed by atoms with van der Waals surface area (Å²) in [5, 5.41) is 5.52. The van der Waals surface area contributed by atoms with E-state index in [9.17, 15) is 4.79 Å². The molecule has 34 heavy (non-hydrogen) atoms. The van der Waals surface area contributed by atoms with Crippen LogP contribution in [-0.2, 0) is 12.2 Å². The normalized spacial score (nSPS) is 11.1. The van der Waals surface area contributed by atoms with Crippen LogP contribution in [0.25, 0.3) is 16.6 Å². The zero-order valence-corrected chi connectivity index (χ0v) is 19.7. The lowest BCUT2D eigenvalue weighted by Gasteiger charge is -2.15. The van der Waals surface area contributed by atoms with E-state index < -0.39 is 0 Å². The van der Waals surface area contributed by atoms with E-state index in [1.807, 2.05) is 48.5 Å². The maximum Gasteiger partial charge on any atom is 0.266 e. The number of para-hydroxylation sites is 2. The second-order valence-corrected chi connectivity index (χ2v) is 8.80. The molecule has 0 aliphatic heterocycles. The largest absolute Gasteiger partial charge is 0.495 e. The fourth-order valence-electron chi connectivity index (χ4n) is 3.59. The second kappa shape index (κ2) is 9.70. The minimum Gasteiger partial charge on any atom is -0.495 e. The Kier molecular flexibility index (Phi) is 6.33. The van der Waals surface area contributed by atoms with E-state index in [0.29, 0.717) is 56.4 Å². The van der Waals surface area contributed by atoms with E-state index in [2.05, 4.69) is 10.1 Å². The Morgan fingerprint density at radius 1 is 1.03 bits per heavy atom. The summed E-state index contributed by atoms with van der Waals surface area (Å²) in [6.07, 6.45) is 0.577. The number of methoxy groups -OCH3 is 1. The molecule has 5 aromatic rings. The van der Waals surface area contributed by atoms with Crippen molar-refractivity contribution >= 4 is 34.3 Å². The molecule has 0 unspecified atom stereocenters. The first-order chi connectivity index (χ1) is 16.6. The number of aromatic nitrogens is 4. The molecular formula is C25H19ClN4O3S. The SMILES string of the molecule is COc1ccccc1-n1c(SCc2nc(Cc3ccccc3)no2)nc2cc(Cl)ccc2c1=O. The summed E-state index contributed by atoms with van der Waals surface area (Å²) in [5.74, 6) is 1.95. The van der Waals surface area contributed by atoms with Crippen molar-refractivity contribution in [1.82, 2.24) is 19.7 Å². The van der Waals surface area contributed by atoms with Crippen molar-refractivity contribution in [3.8, 4) is 11.4 Å². The molecule has 0 spiro atoms. The van der Waals surface area contributed by atoms with E-state index >= 15 is 0 Å². The Balaban J connectivity index is 1.51. The highest BCUT2D eigenvalue weighted by molar-refractivity contribution is 7.98. The average molecular weight is 491 g/mol. The van der Waals surface area contributed by atoms with Crippen LogP contribution in [0.1, 0.15) is 17.3 Å². The van der Waals surface area contributed by atoms with Gasteiger partial charge in [-0.1, -0.05) is 71.0 Å². The summed E-state index contributed by atoms with van der Waals surface area (Å²) in [6, 6.07) is 22.3. The quantitative estimate of drug-likeness (QED) is 0.226. The van der Waals surface area contributed by atoms with Gasteiger partial charge in [-0.15, -0.1) is 0 Å². The number of hydrogen-bond donors (Lipinski definition) is 0. The number of benzene rings is 3. The maximum absolute atomic E-state index is 13.5. The molecule has 0 saturated heterocycles. The molecule has 3 aromatic carbocycles. The van der Waals surface area contributed by atoms with Gasteiger partial charge in [-0.05, 0) is 35.9 Å². The summed E-state index contributed by atoms with van der Waals surface area (Å²) < 4.78 is 12.5. The molecule has 0 aliphatic rings. The van der Waals surface area contributed by atoms with Crippen molar-refractivity contribution in [2.24, 2.45) is 0 Å². The standard InChI is InChI=1S/C25H19ClN4O3S/c1-32-21-10-6-5-9-20(21)30-24(31)18-12-11-17(26)14-19(18)27-25(30)34-15-23-28-22(29-33-23)13-16-7-3-2-4-8-16/h2-12,14H,13,15H2,1H3. The van der Waals surface area contributed by atoms with Gasteiger partial charge in [0, 0.05) is 11.4 Å². The second-order valence-electron chi connectivity index (χ2n) is 7.42. The fourth-order valence-corrected chi connectivity index (χ4v) is 4.60. The van der Waals surface area contributed by atoms with Gasteiger partial charge in [0.05, 0.1) is 29.5 Å². The Morgan fingerprint density at radius 2 is 1.82 bits per heavy atom. The molecule has 0 amide bonds. The van der Waals surface area contributed by atoms with Crippen LogP contribution in [0.2, 0.25) is 5.02 Å². The lowest BCUT2D eigenvalue weighted by molar-refractivity contribution is 0.385. The van der Waals surface area contributed by atoms with Gasteiger partial charge in [-0.3, -0.25) is 9.36 Å². The first-order valence-corrected chi connectivity index (χ1v) is 11.8. The number of ether oxygens (including phenoxy) is 1. The van der Waals surface area contributed by atoms with Crippen LogP contribution >= 0.6 is 23.4 Å². The number of nitrogens with zero attached hydrogens (tertiary/aromatic N) is 4. The van der Waals surface area contributed by atoms with Crippen LogP contribution in [0, 0.1) is 0 Å². The van der Waals surface area contributed by atoms with Gasteiger partial charge in [0.1, 0.15) is 5.75 Å². The van der Waals surface area contributed by atoms with E-state index in [1.54, 1.807) is 35.9 Å². The summed E-state index contributed by atoms with van der Waals surface area (Å²) in [4.78, 5) is 22.7. The fraction of sp³-hybridized carbons (Fsp3) is 0.120. The molecule has 7 nitrogen and oxygen atoms in total. The number of thioether (sulfide) groups is 1. The maximum atomic E-state index is 13.5. The van der Waals surface area contributed by atoms with Crippen molar-refractivity contribution in [2.75, 3.05) is 7.11 Å². The molecule has 2 aromatic heterocycles. The van der Waals surface area contributed by atoms with Gasteiger partial charge in [-0.2, -0.15) is 4.98 Å². The minimum absolute atomic E-state index is 0.219. The van der Waals surface area contributed by atoms with Gasteiger partial charge in [0.25, 0.3) is 5.56 Å². The van der Waals surface area contributed by atoms with Gasteiger partial charge >= 0.3 is 0 Å². The monoisotopic (exact) mass is 490 g/mol. The zero-order valence-electron chi connectivity index (χ0n) is 18.1. The summed E-state index contributed by atoms with van der Waals surface area (Å²) >= 11 is 7.49. The van der Waals surface area contributed by atoms with Crippen LogP contribution in [0.4, 0.5) is 0 Å². The highest BCUT2D eigenvalue weighted by Crippen LogP contribution is 2.29. The average Bonchev–Trinajstić information content (AvgIpc) is 3.30. The van der Waals surface area contributed by atoms with E-state index in [4.69, 9.17) is 25.8 Å². The third kappa shape index (κ3) is 4.55. The summed E-state index contributed by atoms with van der Waals surface area (Å²) in [7, 11) is 1.57. The van der Waals surface area contributed by atoms with Crippen molar-refractivity contribution in [2.45, 2.75) is 17.3 Å². The number of fused-ring (bicyclic) bond motifs is 1. The van der Waals surface area contributed by atoms with Crippen LogP contribution in [-0.4, -0.2) is 26.8 Å². The molecule has 0 saturated carbocycles. The van der Waals surface area contributed by atoms with Gasteiger partial charge in [0.15, 0.2) is 11.0 Å². The van der Waals surface area contributed by atoms with E-state index in [-0.39, 0.29) is 5.56 Å². The highest BCUT2D eigenvalue weighted by atomic mass is 35.5. The van der Waals surface area contributed by atoms with E-state index in [0.717, 1.165) is 5.56 Å². The molecule has 2 heterocycles. The smallest absolute Gasteiger partial charge is 0.266 e. The lowest BCUT2D eigenvalue weighted by atomic mass is 10.1. The molecule has 0 bridgehead atoms. The number of rotatable bonds is 7. The van der Waals surface area contributed by atoms with Crippen molar-refractivity contribution in [1.29, 1.82) is 0 Å². The first kappa shape index (κ1) is 22.2. The molecule has 0 fully saturated rings. The van der Waals surface area contributed by atoms with Crippen LogP contribution in [0.15, 0.2) is 87.3 Å². The van der Waals surface area contributed by atoms with Crippen LogP contribution < -0.4 is 10.3 Å². The Bertz CT molecular complexity index is 1520. The summed E-state index contributed by atoms with van der Waals surface area (Å²) in [5.41, 5.74) is 1.99. The van der Waals surface area contributed by atoms with Gasteiger partial charge in [0.2, 0.25) is 5.89 Å². The van der Waals surface area contributed by atoms with Crippen LogP contribution in [0.5, 0.6) is 5.75 Å². The number of halogens is 1. The van der Waals surface area contributed by atoms with Gasteiger partial charge in [-0.25, -0.2) is 4.98 Å². The molecular weight excluding hydrogens is 472 g/mol. The van der Waals surface area contributed by atoms with Gasteiger partial charge < -0.3 is 9.26 Å². The number of hydrogen-bond acceptors (Lipinski definition) is 7. The molecule has 0 radical (unpaired) electrons. The summed E-state index contributed by atoms with van der Waals surface area (Å²) in [6.45, 7) is 0. The molecule has 170 valence electrons. The Labute approximate surface area is 204 Å². The Morgan fingerprint density at radius 3 is 2.65 bits per heavy atom. The molecule has 9 heteroatoms. The Hall–Kier alpha value is -3.62. The third-order valence-electron chi connectivity index (χ3n) is 5.17. The molecule has 0 N–H and O–H groups in total. The van der Waals surface area contributed by atoms with Crippen LogP contribution in [0.3, 0.4) is 0 Å². The van der Waals surface area contributed by atoms with Crippen molar-refractivity contribution in [3.63, 3.8) is 0 Å². The molecule has 0 atom stereocenters. The lowest BCUT2D eigenvalue weighted by Crippen LogP contribution is -2.22. The van der Waals surface area contributed by atoms with Crippen molar-refractivity contribution < 1.29 is 9.26 Å². The highest BCUT2D eigenvalue weighted by Gasteiger charge is 2.18.